The average Bonchev–Trinajstić information content (AvgIpc) is 3.13. The summed E-state index contributed by atoms with van der Waals surface area (Å²) in [6.07, 6.45) is 2.80. The number of carbonyl (C=O) groups excluding carboxylic acids is 1. The number of aromatic nitrogens is 2. The molecular weight excluding hydrogens is 354 g/mol. The first-order valence-corrected chi connectivity index (χ1v) is 9.38. The molecule has 28 heavy (non-hydrogen) atoms. The Hall–Kier alpha value is -3.34. The maximum absolute atomic E-state index is 12.6. The number of amides is 1. The van der Waals surface area contributed by atoms with Gasteiger partial charge in [0, 0.05) is 19.3 Å². The molecule has 0 unspecified atom stereocenters. The van der Waals surface area contributed by atoms with Crippen LogP contribution in [0.15, 0.2) is 36.5 Å². The van der Waals surface area contributed by atoms with E-state index in [9.17, 15) is 4.79 Å². The van der Waals surface area contributed by atoms with Gasteiger partial charge in [0.1, 0.15) is 17.1 Å². The number of pyridine rings is 2. The largest absolute Gasteiger partial charge is 0.366 e. The van der Waals surface area contributed by atoms with E-state index in [1.807, 2.05) is 24.3 Å². The first-order chi connectivity index (χ1) is 13.5. The average molecular weight is 377 g/mol. The third-order valence-corrected chi connectivity index (χ3v) is 5.11. The van der Waals surface area contributed by atoms with Crippen LogP contribution in [0.4, 0.5) is 17.3 Å². The SMILES string of the molecule is CC(C)(C#N)NC(=O)c1ccc2c(n1)N(CNc1ccccn1)[C@H]1CCN2C1. The summed E-state index contributed by atoms with van der Waals surface area (Å²) in [6.45, 7) is 5.82. The van der Waals surface area contributed by atoms with Crippen molar-refractivity contribution in [3.8, 4) is 6.07 Å². The highest BCUT2D eigenvalue weighted by atomic mass is 16.2. The molecule has 1 amide bonds. The van der Waals surface area contributed by atoms with Gasteiger partial charge in [0.2, 0.25) is 0 Å². The van der Waals surface area contributed by atoms with E-state index in [0.717, 1.165) is 36.8 Å². The first kappa shape index (κ1) is 18.0. The molecular formula is C20H23N7O. The molecule has 0 saturated carbocycles. The van der Waals surface area contributed by atoms with Crippen LogP contribution in [0.1, 0.15) is 30.8 Å². The fourth-order valence-electron chi connectivity index (χ4n) is 3.63. The van der Waals surface area contributed by atoms with Crippen molar-refractivity contribution in [2.75, 3.05) is 34.9 Å². The van der Waals surface area contributed by atoms with Crippen LogP contribution in [-0.4, -0.2) is 47.2 Å². The molecule has 4 rings (SSSR count). The Morgan fingerprint density at radius 1 is 1.36 bits per heavy atom. The second kappa shape index (κ2) is 7.00. The summed E-state index contributed by atoms with van der Waals surface area (Å²) in [6, 6.07) is 11.8. The molecule has 144 valence electrons. The fraction of sp³-hybridized carbons (Fsp3) is 0.400. The number of carbonyl (C=O) groups is 1. The predicted molar refractivity (Wildman–Crippen MR) is 107 cm³/mol. The number of fused-ring (bicyclic) bond motifs is 4. The summed E-state index contributed by atoms with van der Waals surface area (Å²) in [5.41, 5.74) is 0.400. The number of nitrogens with one attached hydrogen (secondary N) is 2. The van der Waals surface area contributed by atoms with Crippen molar-refractivity contribution in [2.45, 2.75) is 31.8 Å². The molecule has 0 aromatic carbocycles. The van der Waals surface area contributed by atoms with E-state index in [2.05, 4.69) is 36.5 Å². The molecule has 0 aliphatic carbocycles. The third-order valence-electron chi connectivity index (χ3n) is 5.11. The minimum atomic E-state index is -0.947. The summed E-state index contributed by atoms with van der Waals surface area (Å²) < 4.78 is 0. The number of nitriles is 1. The highest BCUT2D eigenvalue weighted by Gasteiger charge is 2.37. The summed E-state index contributed by atoms with van der Waals surface area (Å²) >= 11 is 0. The smallest absolute Gasteiger partial charge is 0.271 e. The van der Waals surface area contributed by atoms with E-state index in [1.54, 1.807) is 26.1 Å². The molecule has 2 aromatic rings. The van der Waals surface area contributed by atoms with Gasteiger partial charge < -0.3 is 20.4 Å². The lowest BCUT2D eigenvalue weighted by Gasteiger charge is -2.37. The van der Waals surface area contributed by atoms with Crippen molar-refractivity contribution in [2.24, 2.45) is 0 Å². The molecule has 2 aliphatic heterocycles. The zero-order valence-electron chi connectivity index (χ0n) is 16.0. The van der Waals surface area contributed by atoms with Crippen molar-refractivity contribution < 1.29 is 4.79 Å². The van der Waals surface area contributed by atoms with Crippen LogP contribution in [0, 0.1) is 11.3 Å². The number of rotatable bonds is 5. The minimum absolute atomic E-state index is 0.312. The van der Waals surface area contributed by atoms with Gasteiger partial charge >= 0.3 is 0 Å². The van der Waals surface area contributed by atoms with E-state index < -0.39 is 5.54 Å². The van der Waals surface area contributed by atoms with Crippen LogP contribution in [-0.2, 0) is 0 Å². The summed E-state index contributed by atoms with van der Waals surface area (Å²) in [4.78, 5) is 26.1. The van der Waals surface area contributed by atoms with Gasteiger partial charge in [0.15, 0.2) is 5.82 Å². The second-order valence-electron chi connectivity index (χ2n) is 7.64. The zero-order valence-corrected chi connectivity index (χ0v) is 16.0. The standard InChI is InChI=1S/C20H23N7O/c1-20(2,12-21)25-19(28)15-6-7-16-18(24-15)27(14-8-10-26(16)11-14)13-23-17-5-3-4-9-22-17/h3-7,9,14H,8,10-11,13H2,1-2H3,(H,22,23)(H,25,28)/t14-/m0/s1. The monoisotopic (exact) mass is 377 g/mol. The van der Waals surface area contributed by atoms with E-state index in [0.29, 0.717) is 18.4 Å². The molecule has 8 heteroatoms. The predicted octanol–water partition coefficient (Wildman–Crippen LogP) is 1.98. The van der Waals surface area contributed by atoms with Crippen molar-refractivity contribution in [1.29, 1.82) is 5.26 Å². The summed E-state index contributed by atoms with van der Waals surface area (Å²) in [5, 5.41) is 15.2. The molecule has 2 aliphatic rings. The van der Waals surface area contributed by atoms with Crippen LogP contribution in [0.2, 0.25) is 0 Å². The Bertz CT molecular complexity index is 922. The quantitative estimate of drug-likeness (QED) is 0.822. The Morgan fingerprint density at radius 3 is 2.96 bits per heavy atom. The van der Waals surface area contributed by atoms with Gasteiger partial charge in [-0.3, -0.25) is 4.79 Å². The fourth-order valence-corrected chi connectivity index (χ4v) is 3.63. The van der Waals surface area contributed by atoms with Crippen molar-refractivity contribution in [1.82, 2.24) is 15.3 Å². The van der Waals surface area contributed by atoms with E-state index in [4.69, 9.17) is 5.26 Å². The Kier molecular flexibility index (Phi) is 4.51. The van der Waals surface area contributed by atoms with Gasteiger partial charge in [-0.25, -0.2) is 9.97 Å². The molecule has 0 radical (unpaired) electrons. The maximum atomic E-state index is 12.6. The molecule has 1 atom stereocenters. The molecule has 2 bridgehead atoms. The molecule has 0 spiro atoms. The van der Waals surface area contributed by atoms with Crippen LogP contribution < -0.4 is 20.4 Å². The third kappa shape index (κ3) is 3.43. The van der Waals surface area contributed by atoms with Crippen LogP contribution >= 0.6 is 0 Å². The topological polar surface area (TPSA) is 97.2 Å². The first-order valence-electron chi connectivity index (χ1n) is 9.38. The number of hydrogen-bond acceptors (Lipinski definition) is 7. The lowest BCUT2D eigenvalue weighted by atomic mass is 10.1. The molecule has 8 nitrogen and oxygen atoms in total. The van der Waals surface area contributed by atoms with E-state index >= 15 is 0 Å². The second-order valence-corrected chi connectivity index (χ2v) is 7.64. The van der Waals surface area contributed by atoms with E-state index in [1.165, 1.54) is 0 Å². The summed E-state index contributed by atoms with van der Waals surface area (Å²) in [7, 11) is 0. The Balaban J connectivity index is 1.60. The van der Waals surface area contributed by atoms with Gasteiger partial charge in [-0.15, -0.1) is 0 Å². The number of nitrogens with zero attached hydrogens (tertiary/aromatic N) is 5. The van der Waals surface area contributed by atoms with Crippen molar-refractivity contribution >= 4 is 23.2 Å². The minimum Gasteiger partial charge on any atom is -0.366 e. The lowest BCUT2D eigenvalue weighted by Crippen LogP contribution is -2.46. The zero-order chi connectivity index (χ0) is 19.7. The highest BCUT2D eigenvalue weighted by molar-refractivity contribution is 5.94. The number of hydrogen-bond donors (Lipinski definition) is 2. The van der Waals surface area contributed by atoms with Crippen molar-refractivity contribution in [3.63, 3.8) is 0 Å². The van der Waals surface area contributed by atoms with Gasteiger partial charge in [-0.2, -0.15) is 5.26 Å². The normalized spacial score (nSPS) is 17.7. The molecule has 1 fully saturated rings. The molecule has 2 N–H and O–H groups in total. The molecule has 1 saturated heterocycles. The van der Waals surface area contributed by atoms with Crippen LogP contribution in [0.3, 0.4) is 0 Å². The Labute approximate surface area is 164 Å². The van der Waals surface area contributed by atoms with E-state index in [-0.39, 0.29) is 5.91 Å². The van der Waals surface area contributed by atoms with Crippen LogP contribution in [0.25, 0.3) is 0 Å². The lowest BCUT2D eigenvalue weighted by molar-refractivity contribution is 0.0924. The van der Waals surface area contributed by atoms with Gasteiger partial charge in [0.05, 0.1) is 24.5 Å². The molecule has 2 aromatic heterocycles. The van der Waals surface area contributed by atoms with Gasteiger partial charge in [-0.05, 0) is 44.5 Å². The van der Waals surface area contributed by atoms with Crippen LogP contribution in [0.5, 0.6) is 0 Å². The van der Waals surface area contributed by atoms with Gasteiger partial charge in [0.25, 0.3) is 5.91 Å². The molecule has 4 heterocycles. The van der Waals surface area contributed by atoms with Gasteiger partial charge in [-0.1, -0.05) is 6.07 Å². The Morgan fingerprint density at radius 2 is 2.21 bits per heavy atom. The van der Waals surface area contributed by atoms with Crippen molar-refractivity contribution in [3.05, 3.63) is 42.2 Å². The summed E-state index contributed by atoms with van der Waals surface area (Å²) in [5.74, 6) is 1.24. The highest BCUT2D eigenvalue weighted by Crippen LogP contribution is 2.38. The number of anilines is 3. The maximum Gasteiger partial charge on any atom is 0.271 e.